The molecule has 1 unspecified atom stereocenters. The number of alkyl halides is 3. The molecule has 0 aromatic rings. The van der Waals surface area contributed by atoms with Crippen LogP contribution in [0, 0.1) is 11.8 Å². The average molecular weight is 243 g/mol. The molecule has 92 valence electrons. The minimum atomic E-state index is -4.05. The van der Waals surface area contributed by atoms with Gasteiger partial charge in [0.25, 0.3) is 0 Å². The summed E-state index contributed by atoms with van der Waals surface area (Å²) in [5, 5.41) is 0. The lowest BCUT2D eigenvalue weighted by atomic mass is 10.1. The molecule has 0 aliphatic heterocycles. The Hall–Kier alpha value is 0.100. The van der Waals surface area contributed by atoms with Gasteiger partial charge in [0.1, 0.15) is 0 Å². The minimum Gasteiger partial charge on any atom is -0.251 e. The van der Waals surface area contributed by atoms with Crippen molar-refractivity contribution in [2.24, 2.45) is 11.8 Å². The highest BCUT2D eigenvalue weighted by molar-refractivity contribution is 7.96. The zero-order valence-corrected chi connectivity index (χ0v) is 10.6. The highest BCUT2D eigenvalue weighted by Crippen LogP contribution is 2.28. The van der Waals surface area contributed by atoms with Gasteiger partial charge in [-0.2, -0.15) is 13.2 Å². The van der Waals surface area contributed by atoms with Gasteiger partial charge in [-0.05, 0) is 18.6 Å². The molecule has 0 aromatic carbocycles. The van der Waals surface area contributed by atoms with Gasteiger partial charge >= 0.3 is 6.18 Å². The standard InChI is InChI=1S/C10H20F3NS/c1-8(2)7-14(15-4)6-5-9(3)10(11,12)13/h8-9H,5-7H2,1-4H3. The maximum absolute atomic E-state index is 12.2. The lowest BCUT2D eigenvalue weighted by Gasteiger charge is -2.23. The predicted octanol–water partition coefficient (Wildman–Crippen LogP) is 3.81. The van der Waals surface area contributed by atoms with Crippen molar-refractivity contribution < 1.29 is 13.2 Å². The van der Waals surface area contributed by atoms with Crippen LogP contribution in [0.5, 0.6) is 0 Å². The van der Waals surface area contributed by atoms with E-state index in [9.17, 15) is 13.2 Å². The number of halogens is 3. The van der Waals surface area contributed by atoms with E-state index in [2.05, 4.69) is 13.8 Å². The van der Waals surface area contributed by atoms with Crippen LogP contribution < -0.4 is 0 Å². The van der Waals surface area contributed by atoms with Crippen LogP contribution in [0.2, 0.25) is 0 Å². The molecule has 0 spiro atoms. The summed E-state index contributed by atoms with van der Waals surface area (Å²) in [7, 11) is 0. The molecular weight excluding hydrogens is 223 g/mol. The first kappa shape index (κ1) is 15.1. The zero-order chi connectivity index (χ0) is 12.1. The van der Waals surface area contributed by atoms with Crippen molar-refractivity contribution in [3.63, 3.8) is 0 Å². The molecule has 0 saturated carbocycles. The Morgan fingerprint density at radius 3 is 2.07 bits per heavy atom. The van der Waals surface area contributed by atoms with E-state index in [1.54, 1.807) is 0 Å². The molecule has 0 radical (unpaired) electrons. The molecule has 0 heterocycles. The number of hydrogen-bond donors (Lipinski definition) is 0. The van der Waals surface area contributed by atoms with Gasteiger partial charge in [-0.15, -0.1) is 0 Å². The molecule has 1 atom stereocenters. The van der Waals surface area contributed by atoms with E-state index in [0.29, 0.717) is 12.5 Å². The lowest BCUT2D eigenvalue weighted by Crippen LogP contribution is -2.27. The van der Waals surface area contributed by atoms with E-state index >= 15 is 0 Å². The van der Waals surface area contributed by atoms with Crippen LogP contribution in [-0.2, 0) is 0 Å². The van der Waals surface area contributed by atoms with Gasteiger partial charge in [-0.25, -0.2) is 0 Å². The second-order valence-electron chi connectivity index (χ2n) is 4.20. The molecule has 0 bridgehead atoms. The minimum absolute atomic E-state index is 0.178. The van der Waals surface area contributed by atoms with E-state index in [-0.39, 0.29) is 6.42 Å². The van der Waals surface area contributed by atoms with E-state index < -0.39 is 12.1 Å². The van der Waals surface area contributed by atoms with Crippen LogP contribution in [-0.4, -0.2) is 29.8 Å². The second-order valence-corrected chi connectivity index (χ2v) is 5.08. The summed E-state index contributed by atoms with van der Waals surface area (Å²) in [6.07, 6.45) is -1.97. The Balaban J connectivity index is 3.90. The van der Waals surface area contributed by atoms with Crippen molar-refractivity contribution in [2.75, 3.05) is 19.3 Å². The van der Waals surface area contributed by atoms with Gasteiger partial charge < -0.3 is 0 Å². The summed E-state index contributed by atoms with van der Waals surface area (Å²) >= 11 is 1.52. The van der Waals surface area contributed by atoms with Gasteiger partial charge in [-0.1, -0.05) is 32.7 Å². The molecule has 0 aliphatic carbocycles. The number of rotatable bonds is 6. The van der Waals surface area contributed by atoms with Gasteiger partial charge in [0.05, 0.1) is 5.92 Å². The van der Waals surface area contributed by atoms with Crippen LogP contribution in [0.4, 0.5) is 13.2 Å². The third-order valence-electron chi connectivity index (χ3n) is 2.20. The predicted molar refractivity (Wildman–Crippen MR) is 59.8 cm³/mol. The van der Waals surface area contributed by atoms with Crippen molar-refractivity contribution >= 4 is 11.9 Å². The zero-order valence-electron chi connectivity index (χ0n) is 9.77. The maximum atomic E-state index is 12.2. The summed E-state index contributed by atoms with van der Waals surface area (Å²) in [5.41, 5.74) is 0. The third-order valence-corrected chi connectivity index (χ3v) is 3.05. The van der Waals surface area contributed by atoms with E-state index in [1.807, 2.05) is 10.6 Å². The molecule has 1 nitrogen and oxygen atoms in total. The van der Waals surface area contributed by atoms with Crippen molar-refractivity contribution in [3.8, 4) is 0 Å². The van der Waals surface area contributed by atoms with Crippen molar-refractivity contribution in [1.82, 2.24) is 4.31 Å². The molecule has 0 fully saturated rings. The fraction of sp³-hybridized carbons (Fsp3) is 1.00. The second kappa shape index (κ2) is 6.63. The Labute approximate surface area is 94.5 Å². The fourth-order valence-corrected chi connectivity index (χ4v) is 1.90. The Morgan fingerprint density at radius 2 is 1.73 bits per heavy atom. The first-order valence-electron chi connectivity index (χ1n) is 5.13. The van der Waals surface area contributed by atoms with Crippen LogP contribution in [0.15, 0.2) is 0 Å². The summed E-state index contributed by atoms with van der Waals surface area (Å²) in [5.74, 6) is -0.724. The topological polar surface area (TPSA) is 3.24 Å². The third kappa shape index (κ3) is 7.06. The van der Waals surface area contributed by atoms with Gasteiger partial charge in [0, 0.05) is 13.1 Å². The summed E-state index contributed by atoms with van der Waals surface area (Å²) in [6, 6.07) is 0. The van der Waals surface area contributed by atoms with Crippen molar-refractivity contribution in [3.05, 3.63) is 0 Å². The fourth-order valence-electron chi connectivity index (χ4n) is 1.17. The highest BCUT2D eigenvalue weighted by atomic mass is 32.2. The SMILES string of the molecule is CSN(CCC(C)C(F)(F)F)CC(C)C. The van der Waals surface area contributed by atoms with Crippen molar-refractivity contribution in [1.29, 1.82) is 0 Å². The molecule has 0 aromatic heterocycles. The molecule has 0 saturated heterocycles. The van der Waals surface area contributed by atoms with Gasteiger partial charge in [-0.3, -0.25) is 4.31 Å². The summed E-state index contributed by atoms with van der Waals surface area (Å²) in [4.78, 5) is 0. The highest BCUT2D eigenvalue weighted by Gasteiger charge is 2.35. The first-order chi connectivity index (χ1) is 6.77. The van der Waals surface area contributed by atoms with E-state index in [4.69, 9.17) is 0 Å². The maximum Gasteiger partial charge on any atom is 0.391 e. The summed E-state index contributed by atoms with van der Waals surface area (Å²) < 4.78 is 38.7. The Kier molecular flexibility index (Phi) is 6.68. The monoisotopic (exact) mass is 243 g/mol. The van der Waals surface area contributed by atoms with Gasteiger partial charge in [0.2, 0.25) is 0 Å². The van der Waals surface area contributed by atoms with Crippen LogP contribution in [0.3, 0.4) is 0 Å². The molecule has 0 N–H and O–H groups in total. The molecular formula is C10H20F3NS. The molecule has 15 heavy (non-hydrogen) atoms. The molecule has 0 rings (SSSR count). The van der Waals surface area contributed by atoms with Crippen LogP contribution in [0.1, 0.15) is 27.2 Å². The normalized spacial score (nSPS) is 15.0. The molecule has 0 aliphatic rings. The number of nitrogens with zero attached hydrogens (tertiary/aromatic N) is 1. The molecule has 5 heteroatoms. The quantitative estimate of drug-likeness (QED) is 0.653. The number of hydrogen-bond acceptors (Lipinski definition) is 2. The Bertz CT molecular complexity index is 171. The lowest BCUT2D eigenvalue weighted by molar-refractivity contribution is -0.171. The first-order valence-corrected chi connectivity index (χ1v) is 6.31. The largest absolute Gasteiger partial charge is 0.391 e. The smallest absolute Gasteiger partial charge is 0.251 e. The Morgan fingerprint density at radius 1 is 1.20 bits per heavy atom. The average Bonchev–Trinajstić information content (AvgIpc) is 2.09. The van der Waals surface area contributed by atoms with Crippen LogP contribution in [0.25, 0.3) is 0 Å². The van der Waals surface area contributed by atoms with E-state index in [0.717, 1.165) is 6.54 Å². The van der Waals surface area contributed by atoms with Gasteiger partial charge in [0.15, 0.2) is 0 Å². The van der Waals surface area contributed by atoms with E-state index in [1.165, 1.54) is 18.9 Å². The molecule has 0 amide bonds. The van der Waals surface area contributed by atoms with Crippen molar-refractivity contribution in [2.45, 2.75) is 33.4 Å². The summed E-state index contributed by atoms with van der Waals surface area (Å²) in [6.45, 7) is 6.71. The van der Waals surface area contributed by atoms with Crippen LogP contribution >= 0.6 is 11.9 Å².